The van der Waals surface area contributed by atoms with Gasteiger partial charge in [-0.25, -0.2) is 12.8 Å². The van der Waals surface area contributed by atoms with Crippen LogP contribution in [0.3, 0.4) is 0 Å². The van der Waals surface area contributed by atoms with Crippen molar-refractivity contribution in [1.82, 2.24) is 0 Å². The first-order chi connectivity index (χ1) is 9.87. The van der Waals surface area contributed by atoms with E-state index in [1.165, 1.54) is 24.3 Å². The molecule has 0 aliphatic heterocycles. The Labute approximate surface area is 121 Å². The number of sulfonamides is 1. The number of carboxylic acids is 1. The first kappa shape index (κ1) is 15.0. The molecule has 0 fully saturated rings. The van der Waals surface area contributed by atoms with Crippen molar-refractivity contribution in [2.75, 3.05) is 4.72 Å². The molecule has 0 aliphatic carbocycles. The number of carboxylic acid groups (broad SMARTS) is 1. The predicted octanol–water partition coefficient (Wildman–Crippen LogP) is 0.919. The van der Waals surface area contributed by atoms with E-state index >= 15 is 0 Å². The molecular weight excluding hydrogens is 297 g/mol. The van der Waals surface area contributed by atoms with E-state index in [-0.39, 0.29) is 17.0 Å². The molecule has 2 aromatic rings. The number of carbonyl (C=O) groups is 1. The molecule has 0 bridgehead atoms. The molecule has 0 unspecified atom stereocenters. The summed E-state index contributed by atoms with van der Waals surface area (Å²) in [4.78, 5) is 10.4. The van der Waals surface area contributed by atoms with Gasteiger partial charge in [-0.15, -0.1) is 0 Å². The van der Waals surface area contributed by atoms with E-state index in [0.29, 0.717) is 5.56 Å². The molecule has 0 aromatic heterocycles. The monoisotopic (exact) mass is 308 g/mol. The fourth-order valence-corrected chi connectivity index (χ4v) is 2.74. The number of rotatable bonds is 5. The minimum absolute atomic E-state index is 0.0669. The maximum atomic E-state index is 12.8. The van der Waals surface area contributed by atoms with Crippen molar-refractivity contribution >= 4 is 21.7 Å². The van der Waals surface area contributed by atoms with Crippen molar-refractivity contribution < 1.29 is 22.7 Å². The summed E-state index contributed by atoms with van der Waals surface area (Å²) in [6.07, 6.45) is -0.245. The van der Waals surface area contributed by atoms with Crippen molar-refractivity contribution in [3.63, 3.8) is 0 Å². The molecule has 0 aliphatic rings. The second-order valence-corrected chi connectivity index (χ2v) is 5.99. The summed E-state index contributed by atoms with van der Waals surface area (Å²) in [5.41, 5.74) is 0.779. The first-order valence-electron chi connectivity index (χ1n) is 5.94. The van der Waals surface area contributed by atoms with Crippen LogP contribution in [-0.2, 0) is 21.2 Å². The smallest absolute Gasteiger partial charge is 0.261 e. The average Bonchev–Trinajstić information content (AvgIpc) is 2.40. The Balaban J connectivity index is 2.16. The van der Waals surface area contributed by atoms with Crippen LogP contribution in [0.25, 0.3) is 0 Å². The van der Waals surface area contributed by atoms with E-state index in [4.69, 9.17) is 0 Å². The van der Waals surface area contributed by atoms with Gasteiger partial charge >= 0.3 is 0 Å². The molecule has 0 atom stereocenters. The molecule has 0 radical (unpaired) electrons. The second-order valence-electron chi connectivity index (χ2n) is 4.31. The van der Waals surface area contributed by atoms with Gasteiger partial charge in [-0.3, -0.25) is 4.72 Å². The highest BCUT2D eigenvalue weighted by Crippen LogP contribution is 2.17. The molecule has 2 aromatic carbocycles. The van der Waals surface area contributed by atoms with Crippen molar-refractivity contribution in [3.05, 3.63) is 59.9 Å². The third kappa shape index (κ3) is 4.03. The fraction of sp³-hybridized carbons (Fsp3) is 0.0714. The van der Waals surface area contributed by atoms with Gasteiger partial charge in [0, 0.05) is 18.1 Å². The summed E-state index contributed by atoms with van der Waals surface area (Å²) in [5, 5.41) is 10.4. The highest BCUT2D eigenvalue weighted by Gasteiger charge is 2.13. The maximum Gasteiger partial charge on any atom is 0.261 e. The summed E-state index contributed by atoms with van der Waals surface area (Å²) >= 11 is 0. The molecule has 0 heterocycles. The fourth-order valence-electron chi connectivity index (χ4n) is 1.69. The van der Waals surface area contributed by atoms with Crippen LogP contribution in [0.4, 0.5) is 10.1 Å². The Morgan fingerprint density at radius 1 is 1.05 bits per heavy atom. The van der Waals surface area contributed by atoms with Gasteiger partial charge in [-0.1, -0.05) is 12.1 Å². The van der Waals surface area contributed by atoms with Crippen molar-refractivity contribution in [2.24, 2.45) is 0 Å². The summed E-state index contributed by atoms with van der Waals surface area (Å²) in [5.74, 6) is -1.74. The summed E-state index contributed by atoms with van der Waals surface area (Å²) in [6.45, 7) is 0. The lowest BCUT2D eigenvalue weighted by Gasteiger charge is -2.09. The Morgan fingerprint density at radius 2 is 1.62 bits per heavy atom. The molecule has 0 amide bonds. The average molecular weight is 308 g/mol. The van der Waals surface area contributed by atoms with Crippen LogP contribution in [0.1, 0.15) is 5.56 Å². The van der Waals surface area contributed by atoms with Gasteiger partial charge in [0.1, 0.15) is 5.82 Å². The molecule has 5 nitrogen and oxygen atoms in total. The van der Waals surface area contributed by atoms with E-state index in [2.05, 4.69) is 4.72 Å². The zero-order valence-electron chi connectivity index (χ0n) is 10.7. The zero-order valence-corrected chi connectivity index (χ0v) is 11.6. The Bertz CT molecular complexity index is 740. The lowest BCUT2D eigenvalue weighted by Crippen LogP contribution is -2.24. The van der Waals surface area contributed by atoms with Gasteiger partial charge in [-0.2, -0.15) is 0 Å². The zero-order chi connectivity index (χ0) is 15.5. The van der Waals surface area contributed by atoms with Crippen molar-refractivity contribution in [2.45, 2.75) is 11.3 Å². The SMILES string of the molecule is O=C([O-])Cc1ccc(NS(=O)(=O)c2ccc(F)cc2)cc1. The maximum absolute atomic E-state index is 12.8. The number of benzene rings is 2. The minimum Gasteiger partial charge on any atom is -0.550 e. The molecule has 110 valence electrons. The molecule has 0 spiro atoms. The van der Waals surface area contributed by atoms with Crippen LogP contribution < -0.4 is 9.83 Å². The quantitative estimate of drug-likeness (QED) is 0.890. The normalized spacial score (nSPS) is 11.1. The number of hydrogen-bond acceptors (Lipinski definition) is 4. The van der Waals surface area contributed by atoms with Crippen LogP contribution in [-0.4, -0.2) is 14.4 Å². The van der Waals surface area contributed by atoms with E-state index < -0.39 is 21.8 Å². The number of hydrogen-bond donors (Lipinski definition) is 1. The van der Waals surface area contributed by atoms with Crippen molar-refractivity contribution in [3.8, 4) is 0 Å². The van der Waals surface area contributed by atoms with Crippen LogP contribution in [0.15, 0.2) is 53.4 Å². The lowest BCUT2D eigenvalue weighted by molar-refractivity contribution is -0.304. The topological polar surface area (TPSA) is 86.3 Å². The van der Waals surface area contributed by atoms with E-state index in [1.54, 1.807) is 0 Å². The van der Waals surface area contributed by atoms with Crippen LogP contribution >= 0.6 is 0 Å². The van der Waals surface area contributed by atoms with Gasteiger partial charge < -0.3 is 9.90 Å². The summed E-state index contributed by atoms with van der Waals surface area (Å²) in [6, 6.07) is 10.3. The first-order valence-corrected chi connectivity index (χ1v) is 7.42. The molecule has 1 N–H and O–H groups in total. The van der Waals surface area contributed by atoms with E-state index in [9.17, 15) is 22.7 Å². The van der Waals surface area contributed by atoms with E-state index in [0.717, 1.165) is 24.3 Å². The van der Waals surface area contributed by atoms with E-state index in [1.807, 2.05) is 0 Å². The molecular formula is C14H11FNO4S-. The van der Waals surface area contributed by atoms with Gasteiger partial charge in [0.15, 0.2) is 0 Å². The number of carbonyl (C=O) groups excluding carboxylic acids is 1. The number of anilines is 1. The molecule has 0 saturated carbocycles. The number of nitrogens with one attached hydrogen (secondary N) is 1. The second kappa shape index (κ2) is 5.92. The molecule has 2 rings (SSSR count). The van der Waals surface area contributed by atoms with Crippen LogP contribution in [0, 0.1) is 5.82 Å². The third-order valence-corrected chi connectivity index (χ3v) is 4.08. The Hall–Kier alpha value is -2.41. The van der Waals surface area contributed by atoms with Crippen molar-refractivity contribution in [1.29, 1.82) is 0 Å². The molecule has 0 saturated heterocycles. The van der Waals surface area contributed by atoms with Gasteiger partial charge in [0.25, 0.3) is 10.0 Å². The van der Waals surface area contributed by atoms with Crippen LogP contribution in [0.5, 0.6) is 0 Å². The Morgan fingerprint density at radius 3 is 2.14 bits per heavy atom. The van der Waals surface area contributed by atoms with Crippen LogP contribution in [0.2, 0.25) is 0 Å². The summed E-state index contributed by atoms with van der Waals surface area (Å²) in [7, 11) is -3.81. The predicted molar refractivity (Wildman–Crippen MR) is 72.4 cm³/mol. The van der Waals surface area contributed by atoms with Gasteiger partial charge in [0.2, 0.25) is 0 Å². The standard InChI is InChI=1S/C14H12FNO4S/c15-11-3-7-13(8-4-11)21(19,20)16-12-5-1-10(2-6-12)9-14(17)18/h1-8,16H,9H2,(H,17,18)/p-1. The minimum atomic E-state index is -3.81. The lowest BCUT2D eigenvalue weighted by atomic mass is 10.1. The highest BCUT2D eigenvalue weighted by molar-refractivity contribution is 7.92. The summed E-state index contributed by atoms with van der Waals surface area (Å²) < 4.78 is 39.2. The third-order valence-electron chi connectivity index (χ3n) is 2.68. The number of halogens is 1. The van der Waals surface area contributed by atoms with Gasteiger partial charge in [0.05, 0.1) is 4.90 Å². The van der Waals surface area contributed by atoms with Gasteiger partial charge in [-0.05, 0) is 42.0 Å². The number of aliphatic carboxylic acids is 1. The highest BCUT2D eigenvalue weighted by atomic mass is 32.2. The molecule has 7 heteroatoms. The largest absolute Gasteiger partial charge is 0.550 e. The Kier molecular flexibility index (Phi) is 4.23. The molecule has 21 heavy (non-hydrogen) atoms.